The molecule has 1 aromatic carbocycles. The van der Waals surface area contributed by atoms with Gasteiger partial charge in [-0.2, -0.15) is 0 Å². The van der Waals surface area contributed by atoms with Crippen molar-refractivity contribution in [2.75, 3.05) is 18.0 Å². The van der Waals surface area contributed by atoms with E-state index in [0.29, 0.717) is 5.69 Å². The highest BCUT2D eigenvalue weighted by Gasteiger charge is 2.23. The van der Waals surface area contributed by atoms with Crippen LogP contribution in [0.1, 0.15) is 32.1 Å². The van der Waals surface area contributed by atoms with E-state index in [1.165, 1.54) is 18.6 Å². The minimum Gasteiger partial charge on any atom is -0.366 e. The molecule has 7 nitrogen and oxygen atoms in total. The minimum atomic E-state index is -0.607. The number of nitrogens with zero attached hydrogens (tertiary/aromatic N) is 3. The Bertz CT molecular complexity index is 510. The molecule has 0 amide bonds. The zero-order valence-corrected chi connectivity index (χ0v) is 11.2. The Balaban J connectivity index is 2.33. The SMILES string of the molecule is O=[N+]([O-])c1ccc(N2CCCCCCC2)c([N+](=O)[O-])c1. The molecule has 0 radical (unpaired) electrons. The van der Waals surface area contributed by atoms with Gasteiger partial charge in [-0.15, -0.1) is 0 Å². The van der Waals surface area contributed by atoms with Crippen molar-refractivity contribution in [2.24, 2.45) is 0 Å². The Kier molecular flexibility index (Phi) is 4.49. The zero-order chi connectivity index (χ0) is 14.5. The van der Waals surface area contributed by atoms with Crippen molar-refractivity contribution < 1.29 is 9.85 Å². The fourth-order valence-electron chi connectivity index (χ4n) is 2.53. The van der Waals surface area contributed by atoms with Gasteiger partial charge in [0.15, 0.2) is 0 Å². The fraction of sp³-hybridized carbons (Fsp3) is 0.538. The van der Waals surface area contributed by atoms with E-state index >= 15 is 0 Å². The third-order valence-electron chi connectivity index (χ3n) is 3.56. The number of hydrogen-bond acceptors (Lipinski definition) is 5. The van der Waals surface area contributed by atoms with Crippen LogP contribution in [-0.4, -0.2) is 22.9 Å². The molecule has 1 aromatic rings. The van der Waals surface area contributed by atoms with Gasteiger partial charge in [-0.05, 0) is 18.9 Å². The van der Waals surface area contributed by atoms with Crippen LogP contribution < -0.4 is 4.90 Å². The van der Waals surface area contributed by atoms with E-state index in [9.17, 15) is 20.2 Å². The van der Waals surface area contributed by atoms with Crippen molar-refractivity contribution >= 4 is 17.1 Å². The van der Waals surface area contributed by atoms with Gasteiger partial charge in [0.25, 0.3) is 11.4 Å². The second-order valence-corrected chi connectivity index (χ2v) is 4.94. The monoisotopic (exact) mass is 279 g/mol. The molecule has 20 heavy (non-hydrogen) atoms. The summed E-state index contributed by atoms with van der Waals surface area (Å²) in [6.45, 7) is 1.53. The predicted molar refractivity (Wildman–Crippen MR) is 75.0 cm³/mol. The second kappa shape index (κ2) is 6.31. The maximum absolute atomic E-state index is 11.1. The van der Waals surface area contributed by atoms with E-state index in [0.717, 1.165) is 44.8 Å². The normalized spacial score (nSPS) is 16.3. The lowest BCUT2D eigenvalue weighted by Crippen LogP contribution is -2.27. The number of rotatable bonds is 3. The van der Waals surface area contributed by atoms with Crippen molar-refractivity contribution in [1.29, 1.82) is 0 Å². The van der Waals surface area contributed by atoms with Gasteiger partial charge in [-0.1, -0.05) is 19.3 Å². The molecule has 1 saturated heterocycles. The van der Waals surface area contributed by atoms with Crippen LogP contribution in [-0.2, 0) is 0 Å². The summed E-state index contributed by atoms with van der Waals surface area (Å²) in [6.07, 6.45) is 5.44. The second-order valence-electron chi connectivity index (χ2n) is 4.94. The highest BCUT2D eigenvalue weighted by molar-refractivity contribution is 5.66. The smallest absolute Gasteiger partial charge is 0.299 e. The topological polar surface area (TPSA) is 89.5 Å². The zero-order valence-electron chi connectivity index (χ0n) is 11.2. The van der Waals surface area contributed by atoms with Crippen molar-refractivity contribution in [3.8, 4) is 0 Å². The maximum Gasteiger partial charge on any atom is 0.299 e. The van der Waals surface area contributed by atoms with Gasteiger partial charge in [0, 0.05) is 19.2 Å². The Morgan fingerprint density at radius 2 is 1.50 bits per heavy atom. The molecule has 0 aliphatic carbocycles. The summed E-state index contributed by atoms with van der Waals surface area (Å²) in [6, 6.07) is 3.88. The Morgan fingerprint density at radius 1 is 0.900 bits per heavy atom. The molecule has 0 unspecified atom stereocenters. The Labute approximate surface area is 116 Å². The van der Waals surface area contributed by atoms with E-state index in [1.807, 2.05) is 4.90 Å². The molecule has 0 saturated carbocycles. The van der Waals surface area contributed by atoms with Gasteiger partial charge in [0.2, 0.25) is 0 Å². The molecule has 0 bridgehead atoms. The molecule has 1 aliphatic heterocycles. The number of benzene rings is 1. The molecule has 1 heterocycles. The van der Waals surface area contributed by atoms with Crippen LogP contribution in [0.5, 0.6) is 0 Å². The van der Waals surface area contributed by atoms with Crippen molar-refractivity contribution in [3.05, 3.63) is 38.4 Å². The van der Waals surface area contributed by atoms with Crippen LogP contribution in [0.25, 0.3) is 0 Å². The first kappa shape index (κ1) is 14.2. The minimum absolute atomic E-state index is 0.181. The Morgan fingerprint density at radius 3 is 2.05 bits per heavy atom. The van der Waals surface area contributed by atoms with Gasteiger partial charge in [0.1, 0.15) is 5.69 Å². The number of anilines is 1. The summed E-state index contributed by atoms with van der Waals surface area (Å²) >= 11 is 0. The lowest BCUT2D eigenvalue weighted by atomic mass is 10.1. The largest absolute Gasteiger partial charge is 0.366 e. The summed E-state index contributed by atoms with van der Waals surface area (Å²) in [5.41, 5.74) is 0.0646. The van der Waals surface area contributed by atoms with Crippen LogP contribution in [0.4, 0.5) is 17.1 Å². The molecule has 0 aromatic heterocycles. The first-order valence-corrected chi connectivity index (χ1v) is 6.77. The average Bonchev–Trinajstić information content (AvgIpc) is 2.37. The van der Waals surface area contributed by atoms with E-state index in [1.54, 1.807) is 0 Å². The summed E-state index contributed by atoms with van der Waals surface area (Å²) in [5, 5.41) is 21.9. The lowest BCUT2D eigenvalue weighted by molar-refractivity contribution is -0.393. The third-order valence-corrected chi connectivity index (χ3v) is 3.56. The molecule has 7 heteroatoms. The van der Waals surface area contributed by atoms with Gasteiger partial charge in [0.05, 0.1) is 15.9 Å². The first-order chi connectivity index (χ1) is 9.59. The molecular weight excluding hydrogens is 262 g/mol. The van der Waals surface area contributed by atoms with E-state index < -0.39 is 9.85 Å². The number of hydrogen-bond donors (Lipinski definition) is 0. The fourth-order valence-corrected chi connectivity index (χ4v) is 2.53. The summed E-state index contributed by atoms with van der Waals surface area (Å²) in [4.78, 5) is 22.7. The highest BCUT2D eigenvalue weighted by Crippen LogP contribution is 2.33. The van der Waals surface area contributed by atoms with Gasteiger partial charge in [-0.3, -0.25) is 20.2 Å². The van der Waals surface area contributed by atoms with Crippen molar-refractivity contribution in [2.45, 2.75) is 32.1 Å². The van der Waals surface area contributed by atoms with Crippen LogP contribution in [0.2, 0.25) is 0 Å². The molecule has 0 N–H and O–H groups in total. The molecule has 108 valence electrons. The maximum atomic E-state index is 11.1. The summed E-state index contributed by atoms with van der Waals surface area (Å²) in [5.74, 6) is 0. The standard InChI is InChI=1S/C13H17N3O4/c17-15(18)11-6-7-12(13(10-11)16(19)20)14-8-4-2-1-3-5-9-14/h6-7,10H,1-5,8-9H2. The lowest BCUT2D eigenvalue weighted by Gasteiger charge is -2.26. The molecular formula is C13H17N3O4. The molecule has 1 fully saturated rings. The number of nitro benzene ring substituents is 2. The van der Waals surface area contributed by atoms with E-state index in [2.05, 4.69) is 0 Å². The third kappa shape index (κ3) is 3.23. The van der Waals surface area contributed by atoms with Gasteiger partial charge < -0.3 is 4.90 Å². The van der Waals surface area contributed by atoms with Crippen LogP contribution in [0, 0.1) is 20.2 Å². The summed E-state index contributed by atoms with van der Waals surface area (Å²) in [7, 11) is 0. The van der Waals surface area contributed by atoms with Crippen molar-refractivity contribution in [1.82, 2.24) is 0 Å². The van der Waals surface area contributed by atoms with Crippen LogP contribution in [0.15, 0.2) is 18.2 Å². The predicted octanol–water partition coefficient (Wildman–Crippen LogP) is 3.27. The summed E-state index contributed by atoms with van der Waals surface area (Å²) < 4.78 is 0. The first-order valence-electron chi connectivity index (χ1n) is 6.77. The van der Waals surface area contributed by atoms with Crippen molar-refractivity contribution in [3.63, 3.8) is 0 Å². The molecule has 1 aliphatic rings. The quantitative estimate of drug-likeness (QED) is 0.625. The Hall–Kier alpha value is -2.18. The van der Waals surface area contributed by atoms with Gasteiger partial charge in [-0.25, -0.2) is 0 Å². The number of nitro groups is 2. The highest BCUT2D eigenvalue weighted by atomic mass is 16.6. The van der Waals surface area contributed by atoms with E-state index in [-0.39, 0.29) is 11.4 Å². The molecule has 0 spiro atoms. The van der Waals surface area contributed by atoms with Crippen LogP contribution in [0.3, 0.4) is 0 Å². The van der Waals surface area contributed by atoms with E-state index in [4.69, 9.17) is 0 Å². The number of non-ortho nitro benzene ring substituents is 1. The van der Waals surface area contributed by atoms with Gasteiger partial charge >= 0.3 is 0 Å². The molecule has 0 atom stereocenters. The van der Waals surface area contributed by atoms with Crippen LogP contribution >= 0.6 is 0 Å². The average molecular weight is 279 g/mol. The molecule has 2 rings (SSSR count).